The lowest BCUT2D eigenvalue weighted by atomic mass is 10.1. The highest BCUT2D eigenvalue weighted by molar-refractivity contribution is 5.96. The van der Waals surface area contributed by atoms with Gasteiger partial charge >= 0.3 is 0 Å². The van der Waals surface area contributed by atoms with Crippen molar-refractivity contribution in [2.24, 2.45) is 0 Å². The smallest absolute Gasteiger partial charge is 0.135 e. The van der Waals surface area contributed by atoms with Gasteiger partial charge in [0.1, 0.15) is 11.8 Å². The number of rotatable bonds is 2. The molecule has 0 fully saturated rings. The summed E-state index contributed by atoms with van der Waals surface area (Å²) in [6.45, 7) is 4.16. The van der Waals surface area contributed by atoms with Crippen LogP contribution in [0.4, 0.5) is 11.4 Å². The fourth-order valence-corrected chi connectivity index (χ4v) is 3.07. The molecule has 0 saturated carbocycles. The second-order valence-corrected chi connectivity index (χ2v) is 6.12. The number of hydrogen-bond acceptors (Lipinski definition) is 4. The number of aromatic amines is 1. The molecule has 2 aromatic heterocycles. The highest BCUT2D eigenvalue weighted by Crippen LogP contribution is 2.31. The van der Waals surface area contributed by atoms with Gasteiger partial charge in [0.15, 0.2) is 0 Å². The minimum absolute atomic E-state index is 0.0560. The van der Waals surface area contributed by atoms with Crippen LogP contribution in [0, 0.1) is 25.2 Å². The molecule has 5 nitrogen and oxygen atoms in total. The minimum Gasteiger partial charge on any atom is -0.506 e. The molecule has 5 heteroatoms. The topological polar surface area (TPSA) is 84.7 Å². The molecular formula is C20H16N4O. The second kappa shape index (κ2) is 5.53. The van der Waals surface area contributed by atoms with Gasteiger partial charge in [-0.05, 0) is 49.7 Å². The Bertz CT molecular complexity index is 1170. The maximum absolute atomic E-state index is 9.85. The maximum Gasteiger partial charge on any atom is 0.135 e. The van der Waals surface area contributed by atoms with Crippen LogP contribution in [0.15, 0.2) is 42.6 Å². The van der Waals surface area contributed by atoms with E-state index in [2.05, 4.69) is 35.2 Å². The molecule has 4 rings (SSSR count). The van der Waals surface area contributed by atoms with Crippen molar-refractivity contribution in [3.05, 3.63) is 59.4 Å². The summed E-state index contributed by atoms with van der Waals surface area (Å²) in [5, 5.41) is 24.4. The van der Waals surface area contributed by atoms with Crippen LogP contribution in [0.5, 0.6) is 5.75 Å². The van der Waals surface area contributed by atoms with E-state index >= 15 is 0 Å². The van der Waals surface area contributed by atoms with Gasteiger partial charge in [-0.3, -0.25) is 4.98 Å². The highest BCUT2D eigenvalue weighted by Gasteiger charge is 2.09. The predicted molar refractivity (Wildman–Crippen MR) is 99.2 cm³/mol. The Labute approximate surface area is 144 Å². The standard InChI is InChI=1S/C20H16N4O/c1-11-12(2)23-17-4-3-14(8-15(11)17)24-18-5-6-22-19-9-20(25)13(10-21)7-16(18)19/h3-9,23,25H,1-2H3,(H,22,24). The Hall–Kier alpha value is -3.52. The number of phenolic OH excluding ortho intramolecular Hbond substituents is 1. The summed E-state index contributed by atoms with van der Waals surface area (Å²) in [5.74, 6) is -0.0560. The van der Waals surface area contributed by atoms with E-state index in [1.165, 1.54) is 17.0 Å². The molecule has 0 aliphatic carbocycles. The lowest BCUT2D eigenvalue weighted by molar-refractivity contribution is 0.474. The van der Waals surface area contributed by atoms with E-state index in [-0.39, 0.29) is 11.3 Å². The Balaban J connectivity index is 1.83. The van der Waals surface area contributed by atoms with Gasteiger partial charge in [0, 0.05) is 45.6 Å². The molecule has 0 radical (unpaired) electrons. The number of hydrogen-bond donors (Lipinski definition) is 3. The molecule has 0 atom stereocenters. The van der Waals surface area contributed by atoms with E-state index in [0.29, 0.717) is 5.52 Å². The van der Waals surface area contributed by atoms with Gasteiger partial charge in [0.2, 0.25) is 0 Å². The molecule has 2 heterocycles. The summed E-state index contributed by atoms with van der Waals surface area (Å²) >= 11 is 0. The van der Waals surface area contributed by atoms with Gasteiger partial charge in [-0.25, -0.2) is 0 Å². The molecule has 25 heavy (non-hydrogen) atoms. The normalized spacial score (nSPS) is 10.9. The number of aromatic nitrogens is 2. The van der Waals surface area contributed by atoms with Gasteiger partial charge in [-0.15, -0.1) is 0 Å². The third-order valence-corrected chi connectivity index (χ3v) is 4.57. The van der Waals surface area contributed by atoms with Crippen LogP contribution in [0.3, 0.4) is 0 Å². The summed E-state index contributed by atoms with van der Waals surface area (Å²) < 4.78 is 0. The zero-order valence-corrected chi connectivity index (χ0v) is 13.9. The van der Waals surface area contributed by atoms with Gasteiger partial charge in [-0.1, -0.05) is 0 Å². The zero-order chi connectivity index (χ0) is 17.6. The first kappa shape index (κ1) is 15.0. The van der Waals surface area contributed by atoms with E-state index in [4.69, 9.17) is 5.26 Å². The Kier molecular flexibility index (Phi) is 3.33. The quantitative estimate of drug-likeness (QED) is 0.500. The second-order valence-electron chi connectivity index (χ2n) is 6.12. The van der Waals surface area contributed by atoms with E-state index in [9.17, 15) is 5.11 Å². The number of anilines is 2. The molecule has 0 spiro atoms. The lowest BCUT2D eigenvalue weighted by Gasteiger charge is -2.10. The number of pyridine rings is 1. The summed E-state index contributed by atoms with van der Waals surface area (Å²) in [7, 11) is 0. The minimum atomic E-state index is -0.0560. The van der Waals surface area contributed by atoms with Crippen molar-refractivity contribution in [2.75, 3.05) is 5.32 Å². The SMILES string of the molecule is Cc1[nH]c2ccc(Nc3ccnc4cc(O)c(C#N)cc34)cc2c1C. The Morgan fingerprint density at radius 3 is 2.76 bits per heavy atom. The highest BCUT2D eigenvalue weighted by atomic mass is 16.3. The van der Waals surface area contributed by atoms with Crippen molar-refractivity contribution in [3.63, 3.8) is 0 Å². The van der Waals surface area contributed by atoms with Gasteiger partial charge in [0.25, 0.3) is 0 Å². The first-order valence-electron chi connectivity index (χ1n) is 7.94. The number of nitrogens with zero attached hydrogens (tertiary/aromatic N) is 2. The molecule has 3 N–H and O–H groups in total. The van der Waals surface area contributed by atoms with Crippen molar-refractivity contribution >= 4 is 33.2 Å². The zero-order valence-electron chi connectivity index (χ0n) is 13.9. The predicted octanol–water partition coefficient (Wildman–Crippen LogP) is 4.65. The van der Waals surface area contributed by atoms with Crippen LogP contribution in [0.2, 0.25) is 0 Å². The molecule has 4 aromatic rings. The first-order valence-corrected chi connectivity index (χ1v) is 7.94. The van der Waals surface area contributed by atoms with Gasteiger partial charge < -0.3 is 15.4 Å². The lowest BCUT2D eigenvalue weighted by Crippen LogP contribution is -1.93. The third kappa shape index (κ3) is 2.45. The number of H-pyrrole nitrogens is 1. The first-order chi connectivity index (χ1) is 12.1. The number of nitriles is 1. The van der Waals surface area contributed by atoms with Crippen molar-refractivity contribution in [2.45, 2.75) is 13.8 Å². The summed E-state index contributed by atoms with van der Waals surface area (Å²) in [5.41, 5.74) is 6.16. The molecule has 122 valence electrons. The fourth-order valence-electron chi connectivity index (χ4n) is 3.07. The number of nitrogens with one attached hydrogen (secondary N) is 2. The fraction of sp³-hybridized carbons (Fsp3) is 0.100. The maximum atomic E-state index is 9.85. The Morgan fingerprint density at radius 2 is 1.96 bits per heavy atom. The van der Waals surface area contributed by atoms with E-state index in [0.717, 1.165) is 28.0 Å². The van der Waals surface area contributed by atoms with E-state index in [1.54, 1.807) is 12.3 Å². The number of aromatic hydroxyl groups is 1. The number of benzene rings is 2. The monoisotopic (exact) mass is 328 g/mol. The number of fused-ring (bicyclic) bond motifs is 2. The third-order valence-electron chi connectivity index (χ3n) is 4.57. The van der Waals surface area contributed by atoms with Crippen molar-refractivity contribution in [1.29, 1.82) is 5.26 Å². The Morgan fingerprint density at radius 1 is 1.12 bits per heavy atom. The summed E-state index contributed by atoms with van der Waals surface area (Å²) in [6, 6.07) is 13.2. The molecular weight excluding hydrogens is 312 g/mol. The largest absolute Gasteiger partial charge is 0.506 e. The number of aryl methyl sites for hydroxylation is 2. The van der Waals surface area contributed by atoms with E-state index < -0.39 is 0 Å². The molecule has 0 bridgehead atoms. The van der Waals surface area contributed by atoms with Crippen molar-refractivity contribution in [1.82, 2.24) is 9.97 Å². The van der Waals surface area contributed by atoms with Crippen LogP contribution in [0.25, 0.3) is 21.8 Å². The van der Waals surface area contributed by atoms with Crippen molar-refractivity contribution in [3.8, 4) is 11.8 Å². The summed E-state index contributed by atoms with van der Waals surface area (Å²) in [4.78, 5) is 7.64. The number of phenols is 1. The van der Waals surface area contributed by atoms with E-state index in [1.807, 2.05) is 24.3 Å². The molecule has 0 saturated heterocycles. The molecule has 2 aromatic carbocycles. The van der Waals surface area contributed by atoms with Crippen LogP contribution in [-0.2, 0) is 0 Å². The molecule has 0 aliphatic heterocycles. The van der Waals surface area contributed by atoms with Crippen LogP contribution in [-0.4, -0.2) is 15.1 Å². The van der Waals surface area contributed by atoms with Crippen molar-refractivity contribution < 1.29 is 5.11 Å². The average molecular weight is 328 g/mol. The van der Waals surface area contributed by atoms with Gasteiger partial charge in [-0.2, -0.15) is 5.26 Å². The van der Waals surface area contributed by atoms with Crippen LogP contribution >= 0.6 is 0 Å². The molecule has 0 aliphatic rings. The average Bonchev–Trinajstić information content (AvgIpc) is 2.89. The van der Waals surface area contributed by atoms with Crippen LogP contribution < -0.4 is 5.32 Å². The summed E-state index contributed by atoms with van der Waals surface area (Å²) in [6.07, 6.45) is 1.68. The molecule has 0 amide bonds. The van der Waals surface area contributed by atoms with Gasteiger partial charge in [0.05, 0.1) is 11.1 Å². The molecule has 0 unspecified atom stereocenters. The van der Waals surface area contributed by atoms with Crippen LogP contribution in [0.1, 0.15) is 16.8 Å².